The molecule has 0 unspecified atom stereocenters. The summed E-state index contributed by atoms with van der Waals surface area (Å²) in [4.78, 5) is 45.8. The first kappa shape index (κ1) is 28.8. The lowest BCUT2D eigenvalue weighted by molar-refractivity contribution is -0.147. The Hall–Kier alpha value is -2.78. The van der Waals surface area contributed by atoms with Crippen LogP contribution < -0.4 is 10.6 Å². The Kier molecular flexibility index (Phi) is 8.80. The fourth-order valence-corrected chi connectivity index (χ4v) is 5.33. The number of hydrogen-bond donors (Lipinski definition) is 2. The molecule has 1 aromatic heterocycles. The maximum absolute atomic E-state index is 13.8. The molecule has 2 heterocycles. The Bertz CT molecular complexity index is 1110. The van der Waals surface area contributed by atoms with Crippen molar-refractivity contribution in [2.75, 3.05) is 6.54 Å². The zero-order chi connectivity index (χ0) is 27.5. The van der Waals surface area contributed by atoms with Gasteiger partial charge in [0.2, 0.25) is 11.8 Å². The van der Waals surface area contributed by atoms with Crippen LogP contribution in [0.3, 0.4) is 0 Å². The average molecular weight is 529 g/mol. The number of rotatable bonds is 7. The summed E-state index contributed by atoms with van der Waals surface area (Å²) >= 11 is 1.60. The van der Waals surface area contributed by atoms with Crippen LogP contribution in [-0.2, 0) is 25.7 Å². The van der Waals surface area contributed by atoms with Gasteiger partial charge in [-0.3, -0.25) is 14.4 Å². The maximum atomic E-state index is 13.8. The van der Waals surface area contributed by atoms with E-state index in [0.717, 1.165) is 21.7 Å². The molecule has 9 heteroatoms. The predicted molar refractivity (Wildman–Crippen MR) is 146 cm³/mol. The molecule has 3 atom stereocenters. The van der Waals surface area contributed by atoms with Gasteiger partial charge in [0.25, 0.3) is 0 Å². The van der Waals surface area contributed by atoms with E-state index in [0.29, 0.717) is 6.54 Å². The van der Waals surface area contributed by atoms with Gasteiger partial charge in [-0.2, -0.15) is 0 Å². The van der Waals surface area contributed by atoms with Gasteiger partial charge in [-0.15, -0.1) is 11.3 Å². The molecule has 37 heavy (non-hydrogen) atoms. The van der Waals surface area contributed by atoms with Gasteiger partial charge in [0.05, 0.1) is 28.7 Å². The van der Waals surface area contributed by atoms with E-state index in [2.05, 4.69) is 15.6 Å². The smallest absolute Gasteiger partial charge is 0.302 e. The minimum Gasteiger partial charge on any atom is -0.461 e. The van der Waals surface area contributed by atoms with Gasteiger partial charge in [-0.1, -0.05) is 45.0 Å². The number of aryl methyl sites for hydroxylation is 1. The van der Waals surface area contributed by atoms with E-state index in [9.17, 15) is 14.4 Å². The van der Waals surface area contributed by atoms with Crippen molar-refractivity contribution in [1.29, 1.82) is 0 Å². The van der Waals surface area contributed by atoms with Gasteiger partial charge < -0.3 is 20.3 Å². The zero-order valence-electron chi connectivity index (χ0n) is 23.2. The maximum Gasteiger partial charge on any atom is 0.302 e. The minimum atomic E-state index is -0.720. The summed E-state index contributed by atoms with van der Waals surface area (Å²) < 4.78 is 5.42. The number of carbonyl (C=O) groups excluding carboxylic acids is 3. The van der Waals surface area contributed by atoms with Crippen LogP contribution in [0.25, 0.3) is 10.4 Å². The molecule has 0 spiro atoms. The predicted octanol–water partition coefficient (Wildman–Crippen LogP) is 4.07. The van der Waals surface area contributed by atoms with E-state index >= 15 is 0 Å². The van der Waals surface area contributed by atoms with Crippen molar-refractivity contribution in [2.45, 2.75) is 92.1 Å². The van der Waals surface area contributed by atoms with E-state index < -0.39 is 24.2 Å². The summed E-state index contributed by atoms with van der Waals surface area (Å²) in [6.45, 7) is 15.9. The number of likely N-dealkylation sites (tertiary alicyclic amines) is 1. The number of ether oxygens (including phenoxy) is 1. The highest BCUT2D eigenvalue weighted by Gasteiger charge is 2.46. The second kappa shape index (κ2) is 11.3. The van der Waals surface area contributed by atoms with E-state index in [-0.39, 0.29) is 35.7 Å². The molecule has 8 nitrogen and oxygen atoms in total. The normalized spacial score (nSPS) is 19.0. The summed E-state index contributed by atoms with van der Waals surface area (Å²) in [5.74, 6) is -0.842. The molecule has 1 aliphatic rings. The zero-order valence-corrected chi connectivity index (χ0v) is 24.0. The van der Waals surface area contributed by atoms with Crippen LogP contribution >= 0.6 is 11.3 Å². The van der Waals surface area contributed by atoms with Gasteiger partial charge in [-0.25, -0.2) is 4.98 Å². The molecule has 202 valence electrons. The van der Waals surface area contributed by atoms with E-state index in [1.807, 2.05) is 78.2 Å². The van der Waals surface area contributed by atoms with Crippen molar-refractivity contribution in [3.8, 4) is 10.4 Å². The molecule has 3 rings (SSSR count). The summed E-state index contributed by atoms with van der Waals surface area (Å²) in [6.07, 6.45) is -0.248. The summed E-state index contributed by atoms with van der Waals surface area (Å²) in [5, 5.41) is 6.42. The van der Waals surface area contributed by atoms with Crippen LogP contribution in [0, 0.1) is 12.3 Å². The lowest BCUT2D eigenvalue weighted by Gasteiger charge is -2.39. The van der Waals surface area contributed by atoms with E-state index in [1.165, 1.54) is 6.92 Å². The number of nitrogens with one attached hydrogen (secondary N) is 2. The number of esters is 1. The van der Waals surface area contributed by atoms with Crippen LogP contribution in [-0.4, -0.2) is 57.9 Å². The van der Waals surface area contributed by atoms with Crippen LogP contribution in [0.2, 0.25) is 0 Å². The molecule has 1 aliphatic heterocycles. The van der Waals surface area contributed by atoms with Gasteiger partial charge in [0.1, 0.15) is 12.1 Å². The molecule has 1 aromatic carbocycles. The highest BCUT2D eigenvalue weighted by molar-refractivity contribution is 7.13. The second-order valence-electron chi connectivity index (χ2n) is 11.8. The van der Waals surface area contributed by atoms with E-state index in [4.69, 9.17) is 4.74 Å². The van der Waals surface area contributed by atoms with Gasteiger partial charge >= 0.3 is 5.97 Å². The minimum absolute atomic E-state index is 0.165. The number of hydrogen-bond acceptors (Lipinski definition) is 7. The summed E-state index contributed by atoms with van der Waals surface area (Å²) in [7, 11) is 0. The molecule has 1 fully saturated rings. The Morgan fingerprint density at radius 3 is 2.30 bits per heavy atom. The lowest BCUT2D eigenvalue weighted by atomic mass is 9.84. The lowest BCUT2D eigenvalue weighted by Crippen LogP contribution is -2.60. The number of thiazole rings is 1. The highest BCUT2D eigenvalue weighted by Crippen LogP contribution is 2.29. The number of aromatic nitrogens is 1. The van der Waals surface area contributed by atoms with Crippen LogP contribution in [0.5, 0.6) is 0 Å². The quantitative estimate of drug-likeness (QED) is 0.526. The molecular weight excluding hydrogens is 488 g/mol. The Morgan fingerprint density at radius 1 is 1.14 bits per heavy atom. The van der Waals surface area contributed by atoms with Crippen molar-refractivity contribution in [3.05, 3.63) is 41.0 Å². The molecule has 1 saturated heterocycles. The molecule has 2 aromatic rings. The summed E-state index contributed by atoms with van der Waals surface area (Å²) in [5.41, 5.74) is 4.18. The van der Waals surface area contributed by atoms with Crippen LogP contribution in [0.15, 0.2) is 29.8 Å². The number of benzene rings is 1. The van der Waals surface area contributed by atoms with Crippen molar-refractivity contribution in [2.24, 2.45) is 5.41 Å². The molecular formula is C28H40N4O4S. The van der Waals surface area contributed by atoms with Gasteiger partial charge in [0.15, 0.2) is 0 Å². The van der Waals surface area contributed by atoms with Crippen molar-refractivity contribution >= 4 is 29.1 Å². The number of nitrogens with zero attached hydrogens (tertiary/aromatic N) is 2. The third-order valence-corrected chi connectivity index (χ3v) is 7.28. The second-order valence-corrected chi connectivity index (χ2v) is 12.7. The molecule has 0 aliphatic carbocycles. The largest absolute Gasteiger partial charge is 0.461 e. The third kappa shape index (κ3) is 7.61. The Balaban J connectivity index is 1.75. The highest BCUT2D eigenvalue weighted by atomic mass is 32.1. The van der Waals surface area contributed by atoms with Gasteiger partial charge in [0, 0.05) is 25.4 Å². The molecule has 0 saturated carbocycles. The fraction of sp³-hybridized carbons (Fsp3) is 0.571. The van der Waals surface area contributed by atoms with Crippen molar-refractivity contribution < 1.29 is 19.1 Å². The summed E-state index contributed by atoms with van der Waals surface area (Å²) in [6, 6.07) is 6.78. The van der Waals surface area contributed by atoms with Crippen molar-refractivity contribution in [3.63, 3.8) is 0 Å². The molecule has 2 N–H and O–H groups in total. The standard InChI is InChI=1S/C28H40N4O4S/c1-17-23(37-16-30-17)20-11-9-19(10-12-20)14-29-25(34)22-13-21(36-18(2)33)15-32(22)26(35)24(27(3,4)5)31-28(6,7)8/h9-12,16,21-22,24,31H,13-15H2,1-8H3,(H,29,34)/t21-,22+,24-/m1/s1. The average Bonchev–Trinajstić information content (AvgIpc) is 3.40. The van der Waals surface area contributed by atoms with Crippen molar-refractivity contribution in [1.82, 2.24) is 20.5 Å². The van der Waals surface area contributed by atoms with E-state index in [1.54, 1.807) is 16.2 Å². The first-order chi connectivity index (χ1) is 17.2. The van der Waals surface area contributed by atoms with Crippen LogP contribution in [0.1, 0.15) is 66.1 Å². The number of amides is 2. The topological polar surface area (TPSA) is 101 Å². The Morgan fingerprint density at radius 2 is 1.78 bits per heavy atom. The molecule has 0 bridgehead atoms. The number of carbonyl (C=O) groups is 3. The Labute approximate surface area is 224 Å². The SMILES string of the molecule is CC(=O)O[C@@H]1C[C@@H](C(=O)NCc2ccc(-c3scnc3C)cc2)N(C(=O)[C@@H](NC(C)(C)C)C(C)(C)C)C1. The van der Waals surface area contributed by atoms with Crippen LogP contribution in [0.4, 0.5) is 0 Å². The molecule has 0 radical (unpaired) electrons. The first-order valence-corrected chi connectivity index (χ1v) is 13.6. The fourth-order valence-electron chi connectivity index (χ4n) is 4.52. The monoisotopic (exact) mass is 528 g/mol. The first-order valence-electron chi connectivity index (χ1n) is 12.7. The van der Waals surface area contributed by atoms with Gasteiger partial charge in [-0.05, 0) is 44.2 Å². The third-order valence-electron chi connectivity index (χ3n) is 6.30. The molecule has 2 amide bonds.